The SMILES string of the molecule is O=C1CN(Cc2ccc(-c3cc4nccc(Oc5ccc(NC(=O)NC6CC6)cc5F)c4s3)nc2)CCN1. The second kappa shape index (κ2) is 10.3. The average Bonchev–Trinajstić information content (AvgIpc) is 3.60. The first-order valence-corrected chi connectivity index (χ1v) is 13.2. The van der Waals surface area contributed by atoms with Crippen molar-refractivity contribution in [1.29, 1.82) is 0 Å². The standard InChI is InChI=1S/C27H25FN6O3S/c28-19-11-18(33-27(36)32-17-2-3-17)4-6-22(19)37-23-7-8-29-21-12-24(38-26(21)23)20-5-1-16(13-31-20)14-34-10-9-30-25(35)15-34/h1,4-8,11-13,17H,2-3,9-10,14-15H2,(H,30,35)(H2,32,33,36). The molecular weight excluding hydrogens is 507 g/mol. The maximum atomic E-state index is 14.8. The minimum absolute atomic E-state index is 0.0420. The van der Waals surface area contributed by atoms with Crippen LogP contribution in [0.5, 0.6) is 11.5 Å². The third kappa shape index (κ3) is 5.58. The fourth-order valence-corrected chi connectivity index (χ4v) is 5.27. The highest BCUT2D eigenvalue weighted by Crippen LogP contribution is 2.39. The minimum atomic E-state index is -0.584. The zero-order valence-electron chi connectivity index (χ0n) is 20.4. The highest BCUT2D eigenvalue weighted by Gasteiger charge is 2.23. The molecule has 2 aliphatic rings. The van der Waals surface area contributed by atoms with E-state index in [2.05, 4.69) is 30.8 Å². The van der Waals surface area contributed by atoms with Gasteiger partial charge < -0.3 is 20.7 Å². The Kier molecular flexibility index (Phi) is 6.61. The second-order valence-corrected chi connectivity index (χ2v) is 10.4. The first-order chi connectivity index (χ1) is 18.5. The molecule has 1 saturated carbocycles. The van der Waals surface area contributed by atoms with Crippen molar-refractivity contribution in [3.05, 3.63) is 66.2 Å². The van der Waals surface area contributed by atoms with E-state index < -0.39 is 5.82 Å². The van der Waals surface area contributed by atoms with Gasteiger partial charge in [0.15, 0.2) is 11.6 Å². The molecule has 194 valence electrons. The number of ether oxygens (including phenoxy) is 1. The molecular formula is C27H25FN6O3S. The zero-order valence-corrected chi connectivity index (χ0v) is 21.2. The van der Waals surface area contributed by atoms with E-state index in [4.69, 9.17) is 4.74 Å². The number of urea groups is 1. The van der Waals surface area contributed by atoms with Gasteiger partial charge in [-0.3, -0.25) is 19.7 Å². The lowest BCUT2D eigenvalue weighted by Gasteiger charge is -2.26. The number of amides is 3. The van der Waals surface area contributed by atoms with Crippen LogP contribution in [0.3, 0.4) is 0 Å². The fourth-order valence-electron chi connectivity index (χ4n) is 4.23. The maximum absolute atomic E-state index is 14.8. The van der Waals surface area contributed by atoms with Gasteiger partial charge in [0.2, 0.25) is 5.91 Å². The van der Waals surface area contributed by atoms with Crippen LogP contribution >= 0.6 is 11.3 Å². The van der Waals surface area contributed by atoms with Crippen molar-refractivity contribution in [3.63, 3.8) is 0 Å². The molecule has 9 nitrogen and oxygen atoms in total. The van der Waals surface area contributed by atoms with Gasteiger partial charge in [-0.15, -0.1) is 11.3 Å². The number of halogens is 1. The normalized spacial score (nSPS) is 15.8. The number of aromatic nitrogens is 2. The number of carbonyl (C=O) groups excluding carboxylic acids is 2. The van der Waals surface area contributed by atoms with Crippen molar-refractivity contribution in [3.8, 4) is 22.1 Å². The Hall–Kier alpha value is -4.09. The van der Waals surface area contributed by atoms with E-state index in [0.29, 0.717) is 31.1 Å². The van der Waals surface area contributed by atoms with Crippen LogP contribution in [0.25, 0.3) is 20.8 Å². The number of carbonyl (C=O) groups is 2. The molecule has 1 aliphatic heterocycles. The monoisotopic (exact) mass is 532 g/mol. The Labute approximate surface area is 222 Å². The number of nitrogens with one attached hydrogen (secondary N) is 3. The van der Waals surface area contributed by atoms with Crippen molar-refractivity contribution in [2.45, 2.75) is 25.4 Å². The Balaban J connectivity index is 1.16. The van der Waals surface area contributed by atoms with Gasteiger partial charge in [-0.1, -0.05) is 6.07 Å². The molecule has 0 radical (unpaired) electrons. The van der Waals surface area contributed by atoms with Crippen LogP contribution < -0.4 is 20.7 Å². The van der Waals surface area contributed by atoms with Gasteiger partial charge in [-0.25, -0.2) is 9.18 Å². The lowest BCUT2D eigenvalue weighted by molar-refractivity contribution is -0.124. The maximum Gasteiger partial charge on any atom is 0.319 e. The number of thiophene rings is 1. The van der Waals surface area contributed by atoms with Gasteiger partial charge in [-0.2, -0.15) is 0 Å². The molecule has 0 bridgehead atoms. The molecule has 11 heteroatoms. The number of fused-ring (bicyclic) bond motifs is 1. The van der Waals surface area contributed by atoms with E-state index >= 15 is 0 Å². The summed E-state index contributed by atoms with van der Waals surface area (Å²) in [6.07, 6.45) is 5.39. The summed E-state index contributed by atoms with van der Waals surface area (Å²) in [5, 5.41) is 8.28. The second-order valence-electron chi connectivity index (χ2n) is 9.37. The number of benzene rings is 1. The smallest absolute Gasteiger partial charge is 0.319 e. The Morgan fingerprint density at radius 3 is 2.82 bits per heavy atom. The van der Waals surface area contributed by atoms with Crippen LogP contribution in [0.2, 0.25) is 0 Å². The van der Waals surface area contributed by atoms with E-state index in [1.165, 1.54) is 23.5 Å². The number of rotatable bonds is 7. The van der Waals surface area contributed by atoms with Crippen molar-refractivity contribution in [2.75, 3.05) is 25.0 Å². The Bertz CT molecular complexity index is 1500. The molecule has 3 aromatic heterocycles. The van der Waals surface area contributed by atoms with Crippen LogP contribution in [0.4, 0.5) is 14.9 Å². The van der Waals surface area contributed by atoms with Gasteiger partial charge in [-0.05, 0) is 42.7 Å². The molecule has 0 spiro atoms. The first-order valence-electron chi connectivity index (χ1n) is 12.4. The Morgan fingerprint density at radius 1 is 1.16 bits per heavy atom. The molecule has 3 N–H and O–H groups in total. The van der Waals surface area contributed by atoms with E-state index in [0.717, 1.165) is 45.7 Å². The minimum Gasteiger partial charge on any atom is -0.453 e. The van der Waals surface area contributed by atoms with Crippen molar-refractivity contribution < 1.29 is 18.7 Å². The number of hydrogen-bond donors (Lipinski definition) is 3. The van der Waals surface area contributed by atoms with Crippen LogP contribution in [-0.2, 0) is 11.3 Å². The van der Waals surface area contributed by atoms with Crippen LogP contribution in [0.1, 0.15) is 18.4 Å². The molecule has 38 heavy (non-hydrogen) atoms. The lowest BCUT2D eigenvalue weighted by atomic mass is 10.2. The first kappa shape index (κ1) is 24.3. The highest BCUT2D eigenvalue weighted by atomic mass is 32.1. The van der Waals surface area contributed by atoms with E-state index in [1.807, 2.05) is 24.4 Å². The van der Waals surface area contributed by atoms with Gasteiger partial charge >= 0.3 is 6.03 Å². The topological polar surface area (TPSA) is 108 Å². The van der Waals surface area contributed by atoms with Crippen LogP contribution in [-0.4, -0.2) is 52.5 Å². The number of nitrogens with zero attached hydrogens (tertiary/aromatic N) is 3. The molecule has 0 atom stereocenters. The molecule has 1 aliphatic carbocycles. The summed E-state index contributed by atoms with van der Waals surface area (Å²) in [6, 6.07) is 11.8. The van der Waals surface area contributed by atoms with Gasteiger partial charge in [0, 0.05) is 55.9 Å². The van der Waals surface area contributed by atoms with Crippen LogP contribution in [0, 0.1) is 5.82 Å². The highest BCUT2D eigenvalue weighted by molar-refractivity contribution is 7.22. The number of hydrogen-bond acceptors (Lipinski definition) is 7. The average molecular weight is 533 g/mol. The number of piperazine rings is 1. The summed E-state index contributed by atoms with van der Waals surface area (Å²) in [4.78, 5) is 35.6. The predicted octanol–water partition coefficient (Wildman–Crippen LogP) is 4.51. The van der Waals surface area contributed by atoms with Crippen molar-refractivity contribution in [2.24, 2.45) is 0 Å². The third-order valence-corrected chi connectivity index (χ3v) is 7.46. The third-order valence-electron chi connectivity index (χ3n) is 6.30. The summed E-state index contributed by atoms with van der Waals surface area (Å²) < 4.78 is 21.5. The molecule has 4 aromatic rings. The summed E-state index contributed by atoms with van der Waals surface area (Å²) in [7, 11) is 0. The summed E-state index contributed by atoms with van der Waals surface area (Å²) in [5.74, 6) is -0.00778. The fraction of sp³-hybridized carbons (Fsp3) is 0.259. The van der Waals surface area contributed by atoms with E-state index in [-0.39, 0.29) is 23.7 Å². The van der Waals surface area contributed by atoms with Gasteiger partial charge in [0.05, 0.1) is 27.3 Å². The molecule has 3 amide bonds. The predicted molar refractivity (Wildman–Crippen MR) is 143 cm³/mol. The zero-order chi connectivity index (χ0) is 26.1. The molecule has 4 heterocycles. The molecule has 2 fully saturated rings. The van der Waals surface area contributed by atoms with E-state index in [9.17, 15) is 14.0 Å². The summed E-state index contributed by atoms with van der Waals surface area (Å²) >= 11 is 1.47. The quantitative estimate of drug-likeness (QED) is 0.323. The molecule has 1 aromatic carbocycles. The van der Waals surface area contributed by atoms with E-state index in [1.54, 1.807) is 18.3 Å². The van der Waals surface area contributed by atoms with Crippen LogP contribution in [0.15, 0.2) is 54.9 Å². The van der Waals surface area contributed by atoms with Gasteiger partial charge in [0.1, 0.15) is 5.75 Å². The summed E-state index contributed by atoms with van der Waals surface area (Å²) in [6.45, 7) is 2.53. The van der Waals surface area contributed by atoms with Crippen molar-refractivity contribution >= 4 is 39.2 Å². The lowest BCUT2D eigenvalue weighted by Crippen LogP contribution is -2.47. The summed E-state index contributed by atoms with van der Waals surface area (Å²) in [5.41, 5.74) is 2.91. The molecule has 1 saturated heterocycles. The Morgan fingerprint density at radius 2 is 2.05 bits per heavy atom. The number of anilines is 1. The van der Waals surface area contributed by atoms with Crippen molar-refractivity contribution in [1.82, 2.24) is 25.5 Å². The molecule has 0 unspecified atom stereocenters. The molecule has 6 rings (SSSR count). The largest absolute Gasteiger partial charge is 0.453 e. The number of pyridine rings is 2. The van der Waals surface area contributed by atoms with Gasteiger partial charge in [0.25, 0.3) is 0 Å².